The summed E-state index contributed by atoms with van der Waals surface area (Å²) in [4.78, 5) is 12.1. The predicted octanol–water partition coefficient (Wildman–Crippen LogP) is 3.84. The van der Waals surface area contributed by atoms with E-state index in [1.54, 1.807) is 25.3 Å². The lowest BCUT2D eigenvalue weighted by Gasteiger charge is -2.10. The smallest absolute Gasteiger partial charge is 0.228 e. The number of methoxy groups -OCH3 is 1. The largest absolute Gasteiger partial charge is 0.495 e. The van der Waals surface area contributed by atoms with Crippen LogP contribution < -0.4 is 10.1 Å². The maximum absolute atomic E-state index is 12.1. The van der Waals surface area contributed by atoms with Crippen molar-refractivity contribution in [1.82, 2.24) is 0 Å². The van der Waals surface area contributed by atoms with E-state index in [1.807, 2.05) is 31.2 Å². The molecule has 2 aromatic rings. The second kappa shape index (κ2) is 6.44. The Labute approximate surface area is 123 Å². The van der Waals surface area contributed by atoms with Gasteiger partial charge >= 0.3 is 0 Å². The molecule has 0 radical (unpaired) electrons. The van der Waals surface area contributed by atoms with Gasteiger partial charge in [0.25, 0.3) is 0 Å². The number of rotatable bonds is 4. The fraction of sp³-hybridized carbons (Fsp3) is 0.188. The molecule has 0 heterocycles. The number of carbonyl (C=O) groups is 1. The summed E-state index contributed by atoms with van der Waals surface area (Å²) in [5, 5.41) is 3.37. The Morgan fingerprint density at radius 2 is 2.05 bits per heavy atom. The average molecular weight is 290 g/mol. The molecule has 4 heteroatoms. The first-order valence-corrected chi connectivity index (χ1v) is 6.65. The van der Waals surface area contributed by atoms with Gasteiger partial charge in [-0.1, -0.05) is 41.4 Å². The number of aryl methyl sites for hydroxylation is 1. The zero-order valence-electron chi connectivity index (χ0n) is 11.4. The molecule has 104 valence electrons. The number of benzene rings is 2. The maximum atomic E-state index is 12.1. The quantitative estimate of drug-likeness (QED) is 0.929. The molecule has 2 rings (SSSR count). The predicted molar refractivity (Wildman–Crippen MR) is 81.5 cm³/mol. The molecule has 0 saturated heterocycles. The molecular weight excluding hydrogens is 274 g/mol. The van der Waals surface area contributed by atoms with Gasteiger partial charge in [0.15, 0.2) is 0 Å². The van der Waals surface area contributed by atoms with Crippen molar-refractivity contribution in [3.8, 4) is 5.75 Å². The standard InChI is InChI=1S/C16H16ClNO2/c1-11-4-3-5-12(8-11)9-16(19)18-14-10-13(17)6-7-15(14)20-2/h3-8,10H,9H2,1-2H3,(H,18,19). The average Bonchev–Trinajstić information content (AvgIpc) is 2.38. The third kappa shape index (κ3) is 3.75. The minimum Gasteiger partial charge on any atom is -0.495 e. The van der Waals surface area contributed by atoms with Crippen LogP contribution in [0.2, 0.25) is 5.02 Å². The van der Waals surface area contributed by atoms with E-state index in [4.69, 9.17) is 16.3 Å². The van der Waals surface area contributed by atoms with Crippen LogP contribution in [0.15, 0.2) is 42.5 Å². The summed E-state index contributed by atoms with van der Waals surface area (Å²) in [6.45, 7) is 2.00. The normalized spacial score (nSPS) is 10.2. The van der Waals surface area contributed by atoms with Crippen LogP contribution >= 0.6 is 11.6 Å². The Morgan fingerprint density at radius 3 is 2.75 bits per heavy atom. The van der Waals surface area contributed by atoms with Gasteiger partial charge in [0.2, 0.25) is 5.91 Å². The van der Waals surface area contributed by atoms with Gasteiger partial charge in [-0.2, -0.15) is 0 Å². The van der Waals surface area contributed by atoms with E-state index in [2.05, 4.69) is 5.32 Å². The SMILES string of the molecule is COc1ccc(Cl)cc1NC(=O)Cc1cccc(C)c1. The molecule has 2 aromatic carbocycles. The summed E-state index contributed by atoms with van der Waals surface area (Å²) in [6.07, 6.45) is 0.317. The Bertz CT molecular complexity index is 626. The van der Waals surface area contributed by atoms with Gasteiger partial charge < -0.3 is 10.1 Å². The van der Waals surface area contributed by atoms with Crippen LogP contribution in [0, 0.1) is 6.92 Å². The van der Waals surface area contributed by atoms with Crippen LogP contribution in [-0.4, -0.2) is 13.0 Å². The summed E-state index contributed by atoms with van der Waals surface area (Å²) in [5.41, 5.74) is 2.69. The van der Waals surface area contributed by atoms with Crippen LogP contribution in [0.4, 0.5) is 5.69 Å². The van der Waals surface area contributed by atoms with E-state index in [0.717, 1.165) is 11.1 Å². The minimum absolute atomic E-state index is 0.101. The summed E-state index contributed by atoms with van der Waals surface area (Å²) in [7, 11) is 1.56. The van der Waals surface area contributed by atoms with Gasteiger partial charge in [-0.3, -0.25) is 4.79 Å². The minimum atomic E-state index is -0.101. The lowest BCUT2D eigenvalue weighted by atomic mass is 10.1. The molecule has 0 saturated carbocycles. The maximum Gasteiger partial charge on any atom is 0.228 e. The number of nitrogens with one attached hydrogen (secondary N) is 1. The van der Waals surface area contributed by atoms with Gasteiger partial charge in [-0.15, -0.1) is 0 Å². The first-order valence-electron chi connectivity index (χ1n) is 6.27. The van der Waals surface area contributed by atoms with Crippen molar-refractivity contribution in [2.24, 2.45) is 0 Å². The molecule has 1 N–H and O–H groups in total. The molecule has 0 spiro atoms. The second-order valence-corrected chi connectivity index (χ2v) is 5.00. The van der Waals surface area contributed by atoms with Gasteiger partial charge in [-0.05, 0) is 30.7 Å². The molecule has 0 aliphatic carbocycles. The Kier molecular flexibility index (Phi) is 4.64. The third-order valence-electron chi connectivity index (χ3n) is 2.88. The molecule has 0 aromatic heterocycles. The summed E-state index contributed by atoms with van der Waals surface area (Å²) in [6, 6.07) is 13.0. The van der Waals surface area contributed by atoms with Crippen LogP contribution in [0.25, 0.3) is 0 Å². The fourth-order valence-electron chi connectivity index (χ4n) is 1.98. The number of carbonyl (C=O) groups excluding carboxylic acids is 1. The van der Waals surface area contributed by atoms with Crippen LogP contribution in [-0.2, 0) is 11.2 Å². The molecule has 0 atom stereocenters. The van der Waals surface area contributed by atoms with Crippen LogP contribution in [0.5, 0.6) is 5.75 Å². The molecule has 1 amide bonds. The van der Waals surface area contributed by atoms with Crippen molar-refractivity contribution in [3.05, 3.63) is 58.6 Å². The van der Waals surface area contributed by atoms with E-state index in [9.17, 15) is 4.79 Å². The molecule has 0 unspecified atom stereocenters. The van der Waals surface area contributed by atoms with E-state index >= 15 is 0 Å². The first kappa shape index (κ1) is 14.4. The first-order chi connectivity index (χ1) is 9.58. The summed E-state index contributed by atoms with van der Waals surface area (Å²) >= 11 is 5.93. The monoisotopic (exact) mass is 289 g/mol. The summed E-state index contributed by atoms with van der Waals surface area (Å²) in [5.74, 6) is 0.489. The van der Waals surface area contributed by atoms with Crippen molar-refractivity contribution in [3.63, 3.8) is 0 Å². The zero-order valence-corrected chi connectivity index (χ0v) is 12.2. The lowest BCUT2D eigenvalue weighted by Crippen LogP contribution is -2.15. The highest BCUT2D eigenvalue weighted by molar-refractivity contribution is 6.31. The fourth-order valence-corrected chi connectivity index (χ4v) is 2.15. The molecular formula is C16H16ClNO2. The second-order valence-electron chi connectivity index (χ2n) is 4.56. The highest BCUT2D eigenvalue weighted by Crippen LogP contribution is 2.27. The molecule has 20 heavy (non-hydrogen) atoms. The molecule has 0 aliphatic heterocycles. The number of hydrogen-bond acceptors (Lipinski definition) is 2. The van der Waals surface area contributed by atoms with E-state index in [0.29, 0.717) is 22.9 Å². The van der Waals surface area contributed by atoms with Crippen molar-refractivity contribution >= 4 is 23.2 Å². The molecule has 3 nitrogen and oxygen atoms in total. The van der Waals surface area contributed by atoms with E-state index < -0.39 is 0 Å². The van der Waals surface area contributed by atoms with Gasteiger partial charge in [0.1, 0.15) is 5.75 Å². The highest BCUT2D eigenvalue weighted by atomic mass is 35.5. The van der Waals surface area contributed by atoms with Crippen LogP contribution in [0.1, 0.15) is 11.1 Å². The van der Waals surface area contributed by atoms with Gasteiger partial charge in [0, 0.05) is 5.02 Å². The number of anilines is 1. The van der Waals surface area contributed by atoms with E-state index in [-0.39, 0.29) is 5.91 Å². The molecule has 0 bridgehead atoms. The van der Waals surface area contributed by atoms with Gasteiger partial charge in [-0.25, -0.2) is 0 Å². The molecule has 0 aliphatic rings. The Hall–Kier alpha value is -2.00. The van der Waals surface area contributed by atoms with Crippen molar-refractivity contribution < 1.29 is 9.53 Å². The van der Waals surface area contributed by atoms with Crippen LogP contribution in [0.3, 0.4) is 0 Å². The number of ether oxygens (including phenoxy) is 1. The molecule has 0 fully saturated rings. The third-order valence-corrected chi connectivity index (χ3v) is 3.12. The van der Waals surface area contributed by atoms with Crippen molar-refractivity contribution in [1.29, 1.82) is 0 Å². The van der Waals surface area contributed by atoms with E-state index in [1.165, 1.54) is 0 Å². The Balaban J connectivity index is 2.10. The lowest BCUT2D eigenvalue weighted by molar-refractivity contribution is -0.115. The summed E-state index contributed by atoms with van der Waals surface area (Å²) < 4.78 is 5.20. The Morgan fingerprint density at radius 1 is 1.25 bits per heavy atom. The number of amides is 1. The number of hydrogen-bond donors (Lipinski definition) is 1. The van der Waals surface area contributed by atoms with Gasteiger partial charge in [0.05, 0.1) is 19.2 Å². The topological polar surface area (TPSA) is 38.3 Å². The number of halogens is 1. The van der Waals surface area contributed by atoms with Crippen molar-refractivity contribution in [2.45, 2.75) is 13.3 Å². The van der Waals surface area contributed by atoms with Crippen molar-refractivity contribution in [2.75, 3.05) is 12.4 Å². The highest BCUT2D eigenvalue weighted by Gasteiger charge is 2.09. The zero-order chi connectivity index (χ0) is 14.5.